The maximum absolute atomic E-state index is 13.0. The molecule has 174 valence electrons. The van der Waals surface area contributed by atoms with Crippen molar-refractivity contribution in [2.45, 2.75) is 27.3 Å². The quantitative estimate of drug-likeness (QED) is 0.357. The Hall–Kier alpha value is -3.71. The third kappa shape index (κ3) is 5.61. The van der Waals surface area contributed by atoms with E-state index in [-0.39, 0.29) is 11.8 Å². The number of anilines is 1. The minimum absolute atomic E-state index is 0.230. The number of benzene rings is 2. The minimum Gasteiger partial charge on any atom is -0.327 e. The van der Waals surface area contributed by atoms with Gasteiger partial charge in [-0.25, -0.2) is 15.0 Å². The number of imidazole rings is 1. The molecule has 4 rings (SSSR count). The van der Waals surface area contributed by atoms with Crippen LogP contribution in [0.15, 0.2) is 73.2 Å². The summed E-state index contributed by atoms with van der Waals surface area (Å²) in [7, 11) is 0. The van der Waals surface area contributed by atoms with Gasteiger partial charge in [-0.15, -0.1) is 0 Å². The average molecular weight is 475 g/mol. The van der Waals surface area contributed by atoms with E-state index in [0.717, 1.165) is 17.0 Å². The second-order valence-corrected chi connectivity index (χ2v) is 8.88. The molecule has 0 aliphatic carbocycles. The summed E-state index contributed by atoms with van der Waals surface area (Å²) in [6.45, 7) is 7.13. The Balaban J connectivity index is 1.49. The van der Waals surface area contributed by atoms with Crippen LogP contribution in [-0.4, -0.2) is 32.0 Å². The van der Waals surface area contributed by atoms with E-state index >= 15 is 0 Å². The first-order valence-corrected chi connectivity index (χ1v) is 11.5. The van der Waals surface area contributed by atoms with Gasteiger partial charge in [0, 0.05) is 36.6 Å². The Kier molecular flexibility index (Phi) is 7.23. The SMILES string of the molecule is Cc1ncc(Cl)c(N(CC(C)C)NC(=O)c2ccc(Cn3ccnc3-c3ccccc3)cc2)n1. The van der Waals surface area contributed by atoms with Crippen molar-refractivity contribution in [1.29, 1.82) is 0 Å². The lowest BCUT2D eigenvalue weighted by Gasteiger charge is -2.27. The highest BCUT2D eigenvalue weighted by atomic mass is 35.5. The number of hydrogen-bond acceptors (Lipinski definition) is 5. The molecule has 0 unspecified atom stereocenters. The molecule has 0 spiro atoms. The van der Waals surface area contributed by atoms with Crippen molar-refractivity contribution in [1.82, 2.24) is 24.9 Å². The number of amides is 1. The van der Waals surface area contributed by atoms with Crippen LogP contribution in [0.3, 0.4) is 0 Å². The largest absolute Gasteiger partial charge is 0.327 e. The molecule has 8 heteroatoms. The van der Waals surface area contributed by atoms with Gasteiger partial charge in [-0.3, -0.25) is 15.2 Å². The molecule has 7 nitrogen and oxygen atoms in total. The zero-order valence-electron chi connectivity index (χ0n) is 19.4. The molecule has 0 saturated heterocycles. The summed E-state index contributed by atoms with van der Waals surface area (Å²) in [5.41, 5.74) is 5.63. The van der Waals surface area contributed by atoms with E-state index in [1.807, 2.05) is 60.8 Å². The van der Waals surface area contributed by atoms with E-state index in [9.17, 15) is 4.79 Å². The van der Waals surface area contributed by atoms with Gasteiger partial charge >= 0.3 is 0 Å². The van der Waals surface area contributed by atoms with Crippen molar-refractivity contribution in [2.24, 2.45) is 5.92 Å². The Morgan fingerprint density at radius 1 is 1.09 bits per heavy atom. The number of nitrogens with one attached hydrogen (secondary N) is 1. The van der Waals surface area contributed by atoms with Gasteiger partial charge in [-0.2, -0.15) is 0 Å². The number of aromatic nitrogens is 4. The van der Waals surface area contributed by atoms with Gasteiger partial charge in [0.2, 0.25) is 0 Å². The van der Waals surface area contributed by atoms with Crippen molar-refractivity contribution in [3.05, 3.63) is 95.2 Å². The van der Waals surface area contributed by atoms with Crippen LogP contribution in [0.25, 0.3) is 11.4 Å². The average Bonchev–Trinajstić information content (AvgIpc) is 3.29. The fourth-order valence-corrected chi connectivity index (χ4v) is 3.81. The molecule has 0 saturated carbocycles. The smallest absolute Gasteiger partial charge is 0.269 e. The number of halogens is 1. The Morgan fingerprint density at radius 2 is 1.82 bits per heavy atom. The molecule has 1 amide bonds. The molecule has 2 aromatic heterocycles. The van der Waals surface area contributed by atoms with E-state index in [0.29, 0.717) is 35.3 Å². The van der Waals surface area contributed by atoms with Crippen LogP contribution in [-0.2, 0) is 6.54 Å². The van der Waals surface area contributed by atoms with Crippen molar-refractivity contribution in [3.63, 3.8) is 0 Å². The molecule has 34 heavy (non-hydrogen) atoms. The maximum Gasteiger partial charge on any atom is 0.269 e. The van der Waals surface area contributed by atoms with Crippen molar-refractivity contribution in [3.8, 4) is 11.4 Å². The first kappa shape index (κ1) is 23.4. The second-order valence-electron chi connectivity index (χ2n) is 8.48. The molecule has 2 heterocycles. The van der Waals surface area contributed by atoms with Gasteiger partial charge in [-0.05, 0) is 30.5 Å². The third-order valence-corrected chi connectivity index (χ3v) is 5.47. The number of aryl methyl sites for hydroxylation is 1. The normalized spacial score (nSPS) is 11.0. The standard InChI is InChI=1S/C26H27ClN6O/c1-18(2)16-33(25-23(27)15-29-19(3)30-25)31-26(34)22-11-9-20(10-12-22)17-32-14-13-28-24(32)21-7-5-4-6-8-21/h4-15,18H,16-17H2,1-3H3,(H,31,34). The third-order valence-electron chi connectivity index (χ3n) is 5.20. The molecule has 0 radical (unpaired) electrons. The Bertz CT molecular complexity index is 1250. The summed E-state index contributed by atoms with van der Waals surface area (Å²) in [5, 5.41) is 2.08. The minimum atomic E-state index is -0.230. The van der Waals surface area contributed by atoms with Gasteiger partial charge in [0.1, 0.15) is 16.7 Å². The summed E-state index contributed by atoms with van der Waals surface area (Å²) in [6, 6.07) is 17.6. The predicted octanol–water partition coefficient (Wildman–Crippen LogP) is 5.16. The van der Waals surface area contributed by atoms with Crippen LogP contribution in [0.5, 0.6) is 0 Å². The van der Waals surface area contributed by atoms with E-state index < -0.39 is 0 Å². The number of hydrogen-bond donors (Lipinski definition) is 1. The molecule has 1 N–H and O–H groups in total. The Labute approximate surface area is 204 Å². The predicted molar refractivity (Wildman–Crippen MR) is 135 cm³/mol. The fraction of sp³-hybridized carbons (Fsp3) is 0.231. The molecule has 0 aliphatic rings. The van der Waals surface area contributed by atoms with Crippen LogP contribution < -0.4 is 10.4 Å². The van der Waals surface area contributed by atoms with Gasteiger partial charge in [-0.1, -0.05) is 67.9 Å². The molecular weight excluding hydrogens is 448 g/mol. The summed E-state index contributed by atoms with van der Waals surface area (Å²) < 4.78 is 2.09. The molecular formula is C26H27ClN6O. The van der Waals surface area contributed by atoms with E-state index in [1.54, 1.807) is 24.3 Å². The van der Waals surface area contributed by atoms with Crippen molar-refractivity contribution < 1.29 is 4.79 Å². The lowest BCUT2D eigenvalue weighted by molar-refractivity contribution is 0.0947. The lowest BCUT2D eigenvalue weighted by Crippen LogP contribution is -2.45. The molecule has 0 aliphatic heterocycles. The summed E-state index contributed by atoms with van der Waals surface area (Å²) in [4.78, 5) is 26.1. The Morgan fingerprint density at radius 3 is 2.53 bits per heavy atom. The van der Waals surface area contributed by atoms with E-state index in [1.165, 1.54) is 0 Å². The highest BCUT2D eigenvalue weighted by Gasteiger charge is 2.18. The summed E-state index contributed by atoms with van der Waals surface area (Å²) >= 11 is 6.32. The van der Waals surface area contributed by atoms with Crippen LogP contribution in [0, 0.1) is 12.8 Å². The van der Waals surface area contributed by atoms with Gasteiger partial charge < -0.3 is 4.57 Å². The number of hydrazine groups is 1. The zero-order chi connectivity index (χ0) is 24.1. The van der Waals surface area contributed by atoms with Gasteiger partial charge in [0.15, 0.2) is 5.82 Å². The maximum atomic E-state index is 13.0. The molecule has 4 aromatic rings. The fourth-order valence-electron chi connectivity index (χ4n) is 3.61. The van der Waals surface area contributed by atoms with Crippen molar-refractivity contribution >= 4 is 23.3 Å². The van der Waals surface area contributed by atoms with Crippen LogP contribution in [0.4, 0.5) is 5.82 Å². The second kappa shape index (κ2) is 10.5. The first-order chi connectivity index (χ1) is 16.4. The molecule has 2 aromatic carbocycles. The first-order valence-electron chi connectivity index (χ1n) is 11.1. The number of carbonyl (C=O) groups excluding carboxylic acids is 1. The zero-order valence-corrected chi connectivity index (χ0v) is 20.2. The highest BCUT2D eigenvalue weighted by molar-refractivity contribution is 6.32. The highest BCUT2D eigenvalue weighted by Crippen LogP contribution is 2.22. The van der Waals surface area contributed by atoms with Crippen LogP contribution >= 0.6 is 11.6 Å². The summed E-state index contributed by atoms with van der Waals surface area (Å²) in [5.74, 6) is 2.03. The number of rotatable bonds is 8. The molecule has 0 fully saturated rings. The number of nitrogens with zero attached hydrogens (tertiary/aromatic N) is 5. The van der Waals surface area contributed by atoms with E-state index in [2.05, 4.69) is 38.8 Å². The summed E-state index contributed by atoms with van der Waals surface area (Å²) in [6.07, 6.45) is 5.31. The number of carbonyl (C=O) groups is 1. The van der Waals surface area contributed by atoms with Gasteiger partial charge in [0.25, 0.3) is 5.91 Å². The monoisotopic (exact) mass is 474 g/mol. The van der Waals surface area contributed by atoms with Crippen LogP contribution in [0.2, 0.25) is 5.02 Å². The van der Waals surface area contributed by atoms with Crippen LogP contribution in [0.1, 0.15) is 35.6 Å². The molecule has 0 atom stereocenters. The van der Waals surface area contributed by atoms with Crippen molar-refractivity contribution in [2.75, 3.05) is 11.6 Å². The topological polar surface area (TPSA) is 75.9 Å². The molecule has 0 bridgehead atoms. The van der Waals surface area contributed by atoms with E-state index in [4.69, 9.17) is 11.6 Å². The van der Waals surface area contributed by atoms with Gasteiger partial charge in [0.05, 0.1) is 6.20 Å². The lowest BCUT2D eigenvalue weighted by atomic mass is 10.1.